The second-order valence-corrected chi connectivity index (χ2v) is 21.8. The van der Waals surface area contributed by atoms with Crippen LogP contribution in [-0.4, -0.2) is 13.7 Å². The van der Waals surface area contributed by atoms with Crippen LogP contribution in [0.3, 0.4) is 0 Å². The Morgan fingerprint density at radius 3 is 1.72 bits per heavy atom. The smallest absolute Gasteiger partial charge is 0.135 e. The molecule has 0 radical (unpaired) electrons. The lowest BCUT2D eigenvalue weighted by molar-refractivity contribution is 0.443. The number of benzene rings is 10. The van der Waals surface area contributed by atoms with Gasteiger partial charge in [-0.15, -0.1) is 0 Å². The van der Waals surface area contributed by atoms with Crippen LogP contribution < -0.4 is 0 Å². The minimum absolute atomic E-state index is 0.710. The summed E-state index contributed by atoms with van der Waals surface area (Å²) in [6.07, 6.45) is 13.4. The SMILES string of the molecule is C1=Cc2c(c3c4ccc(-n5c6ccccc6c6cc(-c7cccc(-c8cccc(-c9ccc(C%10CCCCC%10)cc9)c8)c7)ccc65)cc4n(-c4ccc5oc6ccc(-c7ccccc7)cc6c5c4)c3n2-c2ccccc2)CC1. The number of fused-ring (bicyclic) bond motifs is 11. The van der Waals surface area contributed by atoms with Gasteiger partial charge in [-0.3, -0.25) is 9.13 Å². The summed E-state index contributed by atoms with van der Waals surface area (Å²) < 4.78 is 14.1. The summed E-state index contributed by atoms with van der Waals surface area (Å²) in [5.41, 5.74) is 23.7. The van der Waals surface area contributed by atoms with E-state index in [0.717, 1.165) is 57.4 Å². The highest BCUT2D eigenvalue weighted by Crippen LogP contribution is 2.45. The molecule has 4 aromatic heterocycles. The molecule has 0 amide bonds. The van der Waals surface area contributed by atoms with Crippen molar-refractivity contribution in [2.75, 3.05) is 0 Å². The lowest BCUT2D eigenvalue weighted by atomic mass is 9.83. The van der Waals surface area contributed by atoms with E-state index < -0.39 is 0 Å². The van der Waals surface area contributed by atoms with Gasteiger partial charge in [-0.25, -0.2) is 0 Å². The molecule has 4 heterocycles. The van der Waals surface area contributed by atoms with Gasteiger partial charge in [0.2, 0.25) is 0 Å². The van der Waals surface area contributed by atoms with Crippen molar-refractivity contribution in [3.63, 3.8) is 0 Å². The average molecular weight is 1000 g/mol. The minimum atomic E-state index is 0.710. The maximum Gasteiger partial charge on any atom is 0.135 e. The molecule has 4 heteroatoms. The Balaban J connectivity index is 0.839. The molecule has 1 fully saturated rings. The number of allylic oxidation sites excluding steroid dienone is 1. The Hall–Kier alpha value is -9.38. The first kappa shape index (κ1) is 44.9. The summed E-state index contributed by atoms with van der Waals surface area (Å²) in [4.78, 5) is 0. The number of furan rings is 1. The first-order valence-electron chi connectivity index (χ1n) is 28.0. The third kappa shape index (κ3) is 7.27. The number of nitrogens with zero attached hydrogens (tertiary/aromatic N) is 3. The molecule has 0 spiro atoms. The van der Waals surface area contributed by atoms with Gasteiger partial charge in [0, 0.05) is 49.4 Å². The van der Waals surface area contributed by atoms with Crippen LogP contribution in [0.2, 0.25) is 0 Å². The molecule has 372 valence electrons. The fourth-order valence-corrected chi connectivity index (χ4v) is 13.5. The normalized spacial score (nSPS) is 13.9. The fraction of sp³-hybridized carbons (Fsp3) is 0.108. The molecular weight excluding hydrogens is 947 g/mol. The molecule has 14 aromatic rings. The largest absolute Gasteiger partial charge is 0.456 e. The van der Waals surface area contributed by atoms with Gasteiger partial charge in [0.1, 0.15) is 16.8 Å². The van der Waals surface area contributed by atoms with Crippen LogP contribution in [0.5, 0.6) is 0 Å². The predicted molar refractivity (Wildman–Crippen MR) is 327 cm³/mol. The van der Waals surface area contributed by atoms with Gasteiger partial charge in [-0.2, -0.15) is 0 Å². The predicted octanol–water partition coefficient (Wildman–Crippen LogP) is 20.2. The molecule has 2 aliphatic rings. The van der Waals surface area contributed by atoms with Gasteiger partial charge >= 0.3 is 0 Å². The van der Waals surface area contributed by atoms with E-state index in [4.69, 9.17) is 4.42 Å². The summed E-state index contributed by atoms with van der Waals surface area (Å²) in [6, 6.07) is 85.5. The molecule has 0 aliphatic heterocycles. The summed E-state index contributed by atoms with van der Waals surface area (Å²) >= 11 is 0. The summed E-state index contributed by atoms with van der Waals surface area (Å²) in [5, 5.41) is 7.24. The highest BCUT2D eigenvalue weighted by molar-refractivity contribution is 6.15. The molecule has 16 rings (SSSR count). The third-order valence-corrected chi connectivity index (χ3v) is 17.3. The zero-order valence-corrected chi connectivity index (χ0v) is 43.4. The van der Waals surface area contributed by atoms with Gasteiger partial charge in [-0.05, 0) is 178 Å². The average Bonchev–Trinajstić information content (AvgIpc) is 4.41. The van der Waals surface area contributed by atoms with Crippen molar-refractivity contribution in [2.24, 2.45) is 0 Å². The number of hydrogen-bond acceptors (Lipinski definition) is 1. The lowest BCUT2D eigenvalue weighted by Crippen LogP contribution is -2.05. The van der Waals surface area contributed by atoms with E-state index in [2.05, 4.69) is 256 Å². The number of aromatic nitrogens is 3. The molecule has 0 N–H and O–H groups in total. The second kappa shape index (κ2) is 18.1. The van der Waals surface area contributed by atoms with E-state index >= 15 is 0 Å². The molecule has 78 heavy (non-hydrogen) atoms. The summed E-state index contributed by atoms with van der Waals surface area (Å²) in [5.74, 6) is 0.710. The number of para-hydroxylation sites is 2. The zero-order valence-electron chi connectivity index (χ0n) is 43.4. The van der Waals surface area contributed by atoms with Gasteiger partial charge < -0.3 is 8.98 Å². The van der Waals surface area contributed by atoms with E-state index in [9.17, 15) is 0 Å². The maximum absolute atomic E-state index is 6.57. The van der Waals surface area contributed by atoms with Crippen molar-refractivity contribution >= 4 is 71.8 Å². The Morgan fingerprint density at radius 2 is 0.936 bits per heavy atom. The van der Waals surface area contributed by atoms with Crippen LogP contribution in [0, 0.1) is 0 Å². The number of rotatable bonds is 8. The first-order chi connectivity index (χ1) is 38.7. The number of hydrogen-bond donors (Lipinski definition) is 0. The standard InChI is InChI=1S/C74H55N3O/c1-4-16-48(17-5-1)50-30-32-51(33-31-50)52-20-14-21-53(42-52)54-22-15-23-55(43-54)57-34-39-69-64(44-57)61-26-10-12-28-67(61)75(69)60-36-38-63-70(47-60)77(74-73(63)62-27-11-13-29-68(62)76(74)58-24-8-3-9-25-58)59-37-41-72-66(46-59)65-45-56(35-40-71(65)78-72)49-18-6-2-7-19-49/h2-3,6-10,12-15,18-26,28-48H,1,4-5,11,16-17,27H2. The van der Waals surface area contributed by atoms with E-state index in [1.54, 1.807) is 0 Å². The maximum atomic E-state index is 6.57. The van der Waals surface area contributed by atoms with E-state index in [0.29, 0.717) is 5.92 Å². The topological polar surface area (TPSA) is 27.9 Å². The third-order valence-electron chi connectivity index (χ3n) is 17.3. The number of aryl methyl sites for hydroxylation is 1. The van der Waals surface area contributed by atoms with E-state index in [-0.39, 0.29) is 0 Å². The zero-order chi connectivity index (χ0) is 51.3. The fourth-order valence-electron chi connectivity index (χ4n) is 13.5. The van der Waals surface area contributed by atoms with Crippen molar-refractivity contribution in [2.45, 2.75) is 50.9 Å². The Kier molecular flexibility index (Phi) is 10.4. The Morgan fingerprint density at radius 1 is 0.359 bits per heavy atom. The van der Waals surface area contributed by atoms with Crippen LogP contribution >= 0.6 is 0 Å². The van der Waals surface area contributed by atoms with Gasteiger partial charge in [0.05, 0.1) is 22.2 Å². The Bertz CT molecular complexity index is 4690. The monoisotopic (exact) mass is 1000 g/mol. The summed E-state index contributed by atoms with van der Waals surface area (Å²) in [6.45, 7) is 0. The minimum Gasteiger partial charge on any atom is -0.456 e. The molecule has 10 aromatic carbocycles. The molecule has 0 atom stereocenters. The van der Waals surface area contributed by atoms with Gasteiger partial charge in [0.25, 0.3) is 0 Å². The molecule has 1 saturated carbocycles. The van der Waals surface area contributed by atoms with Crippen LogP contribution in [0.4, 0.5) is 0 Å². The molecule has 0 bridgehead atoms. The molecule has 4 nitrogen and oxygen atoms in total. The van der Waals surface area contributed by atoms with Gasteiger partial charge in [0.15, 0.2) is 0 Å². The van der Waals surface area contributed by atoms with Crippen LogP contribution in [-0.2, 0) is 6.42 Å². The van der Waals surface area contributed by atoms with Crippen molar-refractivity contribution in [1.29, 1.82) is 0 Å². The summed E-state index contributed by atoms with van der Waals surface area (Å²) in [7, 11) is 0. The lowest BCUT2D eigenvalue weighted by Gasteiger charge is -2.22. The molecule has 0 unspecified atom stereocenters. The van der Waals surface area contributed by atoms with Crippen LogP contribution in [0.1, 0.15) is 61.3 Å². The highest BCUT2D eigenvalue weighted by atomic mass is 16.3. The molecule has 2 aliphatic carbocycles. The molecular formula is C74H55N3O. The second-order valence-electron chi connectivity index (χ2n) is 21.8. The highest BCUT2D eigenvalue weighted by Gasteiger charge is 2.27. The van der Waals surface area contributed by atoms with Crippen molar-refractivity contribution < 1.29 is 4.42 Å². The van der Waals surface area contributed by atoms with Crippen molar-refractivity contribution in [3.8, 4) is 61.6 Å². The van der Waals surface area contributed by atoms with E-state index in [1.165, 1.54) is 132 Å². The van der Waals surface area contributed by atoms with Gasteiger partial charge in [-0.1, -0.05) is 171 Å². The Labute approximate surface area is 453 Å². The van der Waals surface area contributed by atoms with Crippen molar-refractivity contribution in [1.82, 2.24) is 13.7 Å². The first-order valence-corrected chi connectivity index (χ1v) is 28.0. The van der Waals surface area contributed by atoms with E-state index in [1.807, 2.05) is 0 Å². The quantitative estimate of drug-likeness (QED) is 0.149. The van der Waals surface area contributed by atoms with Crippen molar-refractivity contribution in [3.05, 3.63) is 253 Å². The molecule has 0 saturated heterocycles. The van der Waals surface area contributed by atoms with Crippen LogP contribution in [0.15, 0.2) is 241 Å². The van der Waals surface area contributed by atoms with Crippen LogP contribution in [0.25, 0.3) is 133 Å².